The van der Waals surface area contributed by atoms with Gasteiger partial charge in [-0.1, -0.05) is 68.3 Å². The second kappa shape index (κ2) is 9.49. The number of ether oxygens (including phenoxy) is 1. The van der Waals surface area contributed by atoms with Gasteiger partial charge in [-0.25, -0.2) is 0 Å². The van der Waals surface area contributed by atoms with Crippen molar-refractivity contribution in [3.8, 4) is 0 Å². The number of nitrogens with one attached hydrogen (secondary N) is 2. The molecule has 2 aliphatic carbocycles. The van der Waals surface area contributed by atoms with E-state index in [-0.39, 0.29) is 29.8 Å². The van der Waals surface area contributed by atoms with E-state index in [9.17, 15) is 14.4 Å². The van der Waals surface area contributed by atoms with Crippen LogP contribution in [0.15, 0.2) is 36.4 Å². The summed E-state index contributed by atoms with van der Waals surface area (Å²) in [4.78, 5) is 43.4. The number of hydrogen-bond acceptors (Lipinski definition) is 4. The minimum atomic E-state index is -1.10. The molecule has 0 unspecified atom stereocenters. The fourth-order valence-corrected chi connectivity index (χ4v) is 7.47. The molecule has 3 aliphatic heterocycles. The Kier molecular flexibility index (Phi) is 6.32. The van der Waals surface area contributed by atoms with E-state index in [1.54, 1.807) is 24.3 Å². The van der Waals surface area contributed by atoms with E-state index >= 15 is 0 Å². The lowest BCUT2D eigenvalue weighted by molar-refractivity contribution is -0.144. The standard InChI is InChI=1S/C28H34ClN3O4/c29-17-8-7-11-19(16-17)31-25(33)22-21-14-15-28(36-21)23(22)27(35)32(20-12-5-2-6-13-20)24(28)26(34)30-18-9-3-1-4-10-18/h7-8,11,14-16,18,20-24H,1-6,9-10,12-13H2,(H,30,34)(H,31,33)/t21-,22-,23-,24+,28-/m0/s1. The van der Waals surface area contributed by atoms with E-state index in [1.807, 2.05) is 17.1 Å². The average Bonchev–Trinajstić information content (AvgIpc) is 3.52. The molecule has 5 aliphatic rings. The lowest BCUT2D eigenvalue weighted by Crippen LogP contribution is -2.58. The van der Waals surface area contributed by atoms with Crippen molar-refractivity contribution < 1.29 is 19.1 Å². The molecule has 4 fully saturated rings. The molecular weight excluding hydrogens is 478 g/mol. The molecule has 2 bridgehead atoms. The van der Waals surface area contributed by atoms with Crippen LogP contribution in [-0.4, -0.2) is 52.5 Å². The van der Waals surface area contributed by atoms with Crippen LogP contribution in [0.1, 0.15) is 64.2 Å². The number of nitrogens with zero attached hydrogens (tertiary/aromatic N) is 1. The first-order valence-corrected chi connectivity index (χ1v) is 13.9. The molecule has 0 radical (unpaired) electrons. The molecule has 1 spiro atoms. The van der Waals surface area contributed by atoms with Gasteiger partial charge in [0, 0.05) is 22.8 Å². The summed E-state index contributed by atoms with van der Waals surface area (Å²) in [5.74, 6) is -1.94. The lowest BCUT2D eigenvalue weighted by Gasteiger charge is -2.39. The van der Waals surface area contributed by atoms with Gasteiger partial charge in [-0.2, -0.15) is 0 Å². The van der Waals surface area contributed by atoms with Gasteiger partial charge in [0.1, 0.15) is 11.6 Å². The zero-order valence-corrected chi connectivity index (χ0v) is 21.2. The molecule has 7 nitrogen and oxygen atoms in total. The molecule has 8 heteroatoms. The molecule has 1 aromatic carbocycles. The number of anilines is 1. The topological polar surface area (TPSA) is 87.7 Å². The maximum absolute atomic E-state index is 14.1. The van der Waals surface area contributed by atoms with Crippen LogP contribution in [0.4, 0.5) is 5.69 Å². The van der Waals surface area contributed by atoms with Gasteiger partial charge in [0.15, 0.2) is 0 Å². The van der Waals surface area contributed by atoms with Gasteiger partial charge < -0.3 is 20.3 Å². The molecular formula is C28H34ClN3O4. The Bertz CT molecular complexity index is 1080. The van der Waals surface area contributed by atoms with Gasteiger partial charge in [-0.05, 0) is 43.9 Å². The summed E-state index contributed by atoms with van der Waals surface area (Å²) in [6.07, 6.45) is 13.6. The van der Waals surface area contributed by atoms with Crippen LogP contribution in [0.2, 0.25) is 5.02 Å². The molecule has 5 atom stereocenters. The molecule has 2 N–H and O–H groups in total. The van der Waals surface area contributed by atoms with Crippen molar-refractivity contribution in [2.75, 3.05) is 5.32 Å². The summed E-state index contributed by atoms with van der Waals surface area (Å²) >= 11 is 6.11. The number of benzene rings is 1. The van der Waals surface area contributed by atoms with Crippen LogP contribution in [0.3, 0.4) is 0 Å². The summed E-state index contributed by atoms with van der Waals surface area (Å²) in [6.45, 7) is 0. The van der Waals surface area contributed by atoms with Gasteiger partial charge in [0.05, 0.1) is 17.9 Å². The Morgan fingerprint density at radius 2 is 1.72 bits per heavy atom. The van der Waals surface area contributed by atoms with Crippen LogP contribution in [0.5, 0.6) is 0 Å². The van der Waals surface area contributed by atoms with Crippen LogP contribution in [0, 0.1) is 11.8 Å². The van der Waals surface area contributed by atoms with E-state index in [0.717, 1.165) is 57.8 Å². The zero-order chi connectivity index (χ0) is 24.9. The van der Waals surface area contributed by atoms with Crippen LogP contribution < -0.4 is 10.6 Å². The van der Waals surface area contributed by atoms with Crippen LogP contribution in [-0.2, 0) is 19.1 Å². The lowest BCUT2D eigenvalue weighted by atomic mass is 9.74. The smallest absolute Gasteiger partial charge is 0.246 e. The predicted molar refractivity (Wildman–Crippen MR) is 136 cm³/mol. The van der Waals surface area contributed by atoms with E-state index in [4.69, 9.17) is 16.3 Å². The van der Waals surface area contributed by atoms with Gasteiger partial charge in [-0.15, -0.1) is 0 Å². The highest BCUT2D eigenvalue weighted by Gasteiger charge is 2.73. The molecule has 36 heavy (non-hydrogen) atoms. The van der Waals surface area contributed by atoms with Crippen molar-refractivity contribution in [3.05, 3.63) is 41.4 Å². The minimum absolute atomic E-state index is 0.000946. The summed E-state index contributed by atoms with van der Waals surface area (Å²) in [5.41, 5.74) is -0.525. The number of rotatable bonds is 5. The normalized spacial score (nSPS) is 34.1. The van der Waals surface area contributed by atoms with Crippen molar-refractivity contribution in [2.45, 2.75) is 94.0 Å². The Hall–Kier alpha value is -2.38. The van der Waals surface area contributed by atoms with Crippen molar-refractivity contribution in [2.24, 2.45) is 11.8 Å². The quantitative estimate of drug-likeness (QED) is 0.580. The summed E-state index contributed by atoms with van der Waals surface area (Å²) in [7, 11) is 0. The molecule has 3 heterocycles. The Balaban J connectivity index is 1.32. The molecule has 6 rings (SSSR count). The first kappa shape index (κ1) is 24.0. The van der Waals surface area contributed by atoms with E-state index in [0.29, 0.717) is 10.7 Å². The second-order valence-electron chi connectivity index (χ2n) is 11.1. The van der Waals surface area contributed by atoms with E-state index < -0.39 is 29.6 Å². The first-order chi connectivity index (χ1) is 17.5. The Labute approximate surface area is 217 Å². The summed E-state index contributed by atoms with van der Waals surface area (Å²) in [5, 5.41) is 6.73. The largest absolute Gasteiger partial charge is 0.359 e. The molecule has 2 saturated heterocycles. The van der Waals surface area contributed by atoms with Gasteiger partial charge in [0.25, 0.3) is 0 Å². The third-order valence-corrected chi connectivity index (χ3v) is 9.11. The van der Waals surface area contributed by atoms with Crippen molar-refractivity contribution in [1.82, 2.24) is 10.2 Å². The van der Waals surface area contributed by atoms with Crippen molar-refractivity contribution >= 4 is 35.0 Å². The van der Waals surface area contributed by atoms with Crippen molar-refractivity contribution in [3.63, 3.8) is 0 Å². The molecule has 3 amide bonds. The SMILES string of the molecule is O=C(Nc1cccc(Cl)c1)[C@H]1[C@@H]2C=C[C@]3(O2)[C@@H]1C(=O)N(C1CCCCC1)[C@@H]3C(=O)NC1CCCCC1. The van der Waals surface area contributed by atoms with Crippen LogP contribution in [0.25, 0.3) is 0 Å². The third-order valence-electron chi connectivity index (χ3n) is 8.87. The first-order valence-electron chi connectivity index (χ1n) is 13.5. The van der Waals surface area contributed by atoms with Gasteiger partial charge in [0.2, 0.25) is 17.7 Å². The molecule has 2 saturated carbocycles. The maximum atomic E-state index is 14.1. The van der Waals surface area contributed by atoms with Gasteiger partial charge >= 0.3 is 0 Å². The molecule has 1 aromatic rings. The number of likely N-dealkylation sites (tertiary alicyclic amines) is 1. The summed E-state index contributed by atoms with van der Waals surface area (Å²) in [6, 6.07) is 6.36. The Morgan fingerprint density at radius 3 is 2.44 bits per heavy atom. The number of fused-ring (bicyclic) bond motifs is 1. The fraction of sp³-hybridized carbons (Fsp3) is 0.607. The number of hydrogen-bond donors (Lipinski definition) is 2. The van der Waals surface area contributed by atoms with Crippen LogP contribution >= 0.6 is 11.6 Å². The number of halogens is 1. The predicted octanol–water partition coefficient (Wildman–Crippen LogP) is 4.21. The van der Waals surface area contributed by atoms with E-state index in [2.05, 4.69) is 10.6 Å². The number of amides is 3. The van der Waals surface area contributed by atoms with Crippen molar-refractivity contribution in [1.29, 1.82) is 0 Å². The number of carbonyl (C=O) groups excluding carboxylic acids is 3. The minimum Gasteiger partial charge on any atom is -0.359 e. The second-order valence-corrected chi connectivity index (χ2v) is 11.5. The number of carbonyl (C=O) groups is 3. The zero-order valence-electron chi connectivity index (χ0n) is 20.5. The monoisotopic (exact) mass is 511 g/mol. The molecule has 192 valence electrons. The van der Waals surface area contributed by atoms with Gasteiger partial charge in [-0.3, -0.25) is 14.4 Å². The Morgan fingerprint density at radius 1 is 1.00 bits per heavy atom. The average molecular weight is 512 g/mol. The highest BCUT2D eigenvalue weighted by molar-refractivity contribution is 6.30. The van der Waals surface area contributed by atoms with E-state index in [1.165, 1.54) is 6.42 Å². The fourth-order valence-electron chi connectivity index (χ4n) is 7.28. The maximum Gasteiger partial charge on any atom is 0.246 e. The molecule has 0 aromatic heterocycles. The summed E-state index contributed by atoms with van der Waals surface area (Å²) < 4.78 is 6.47. The highest BCUT2D eigenvalue weighted by Crippen LogP contribution is 2.56. The highest BCUT2D eigenvalue weighted by atomic mass is 35.5. The third kappa shape index (κ3) is 3.95.